The van der Waals surface area contributed by atoms with Gasteiger partial charge in [-0.25, -0.2) is 5.48 Å². The van der Waals surface area contributed by atoms with Crippen LogP contribution in [-0.4, -0.2) is 48.1 Å². The van der Waals surface area contributed by atoms with Crippen molar-refractivity contribution < 1.29 is 29.1 Å². The molecule has 31 heavy (non-hydrogen) atoms. The summed E-state index contributed by atoms with van der Waals surface area (Å²) in [6.45, 7) is 3.73. The number of carbonyl (C=O) groups is 3. The number of amides is 3. The summed E-state index contributed by atoms with van der Waals surface area (Å²) in [4.78, 5) is 39.3. The molecule has 0 spiro atoms. The molecule has 1 unspecified atom stereocenters. The fourth-order valence-electron chi connectivity index (χ4n) is 3.70. The van der Waals surface area contributed by atoms with Crippen molar-refractivity contribution in [3.05, 3.63) is 53.1 Å². The summed E-state index contributed by atoms with van der Waals surface area (Å²) >= 11 is 0. The monoisotopic (exact) mass is 427 g/mol. The highest BCUT2D eigenvalue weighted by atomic mass is 16.5. The first kappa shape index (κ1) is 22.3. The third kappa shape index (κ3) is 4.37. The SMILES string of the molecule is CCOc1cc(C(CCNO)N2C(=O)c3cccc(NC(C)=O)c3C2=O)ccc1OC. The Morgan fingerprint density at radius 2 is 1.94 bits per heavy atom. The molecule has 1 atom stereocenters. The van der Waals surface area contributed by atoms with Crippen LogP contribution in [0.5, 0.6) is 11.5 Å². The van der Waals surface area contributed by atoms with Gasteiger partial charge in [-0.15, -0.1) is 0 Å². The van der Waals surface area contributed by atoms with Gasteiger partial charge in [0, 0.05) is 13.5 Å². The molecule has 9 nitrogen and oxygen atoms in total. The minimum Gasteiger partial charge on any atom is -0.493 e. The summed E-state index contributed by atoms with van der Waals surface area (Å²) < 4.78 is 11.0. The van der Waals surface area contributed by atoms with Crippen molar-refractivity contribution in [2.75, 3.05) is 25.6 Å². The zero-order valence-corrected chi connectivity index (χ0v) is 17.6. The van der Waals surface area contributed by atoms with E-state index in [9.17, 15) is 14.4 Å². The molecule has 3 amide bonds. The number of ether oxygens (including phenoxy) is 2. The molecule has 9 heteroatoms. The van der Waals surface area contributed by atoms with E-state index in [1.54, 1.807) is 36.4 Å². The summed E-state index contributed by atoms with van der Waals surface area (Å²) in [6, 6.07) is 9.26. The number of anilines is 1. The molecule has 2 aromatic rings. The van der Waals surface area contributed by atoms with Crippen LogP contribution in [0.15, 0.2) is 36.4 Å². The van der Waals surface area contributed by atoms with E-state index in [2.05, 4.69) is 10.8 Å². The van der Waals surface area contributed by atoms with Crippen LogP contribution in [0.1, 0.15) is 52.6 Å². The van der Waals surface area contributed by atoms with E-state index < -0.39 is 17.9 Å². The van der Waals surface area contributed by atoms with Gasteiger partial charge in [-0.2, -0.15) is 0 Å². The second kappa shape index (κ2) is 9.59. The Morgan fingerprint density at radius 3 is 2.58 bits per heavy atom. The molecule has 1 aliphatic heterocycles. The van der Waals surface area contributed by atoms with Crippen molar-refractivity contribution in [3.63, 3.8) is 0 Å². The Bertz CT molecular complexity index is 1010. The van der Waals surface area contributed by atoms with Gasteiger partial charge in [0.2, 0.25) is 5.91 Å². The molecule has 2 aromatic carbocycles. The molecule has 0 aromatic heterocycles. The molecule has 0 radical (unpaired) electrons. The molecule has 3 N–H and O–H groups in total. The highest BCUT2D eigenvalue weighted by molar-refractivity contribution is 6.24. The van der Waals surface area contributed by atoms with E-state index in [1.807, 2.05) is 6.92 Å². The van der Waals surface area contributed by atoms with Crippen molar-refractivity contribution in [3.8, 4) is 11.5 Å². The second-order valence-electron chi connectivity index (χ2n) is 6.95. The van der Waals surface area contributed by atoms with Crippen molar-refractivity contribution in [1.29, 1.82) is 0 Å². The standard InChI is InChI=1S/C22H25N3O6/c1-4-31-19-12-14(8-9-18(19)30-3)17(10-11-23-29)25-21(27)15-6-5-7-16(24-13(2)26)20(15)22(25)28/h5-9,12,17,23,29H,4,10-11H2,1-3H3,(H,24,26). The Labute approximate surface area is 179 Å². The lowest BCUT2D eigenvalue weighted by Crippen LogP contribution is -2.35. The van der Waals surface area contributed by atoms with Crippen LogP contribution in [0.2, 0.25) is 0 Å². The molecule has 1 aliphatic rings. The van der Waals surface area contributed by atoms with Gasteiger partial charge in [0.15, 0.2) is 11.5 Å². The first-order valence-electron chi connectivity index (χ1n) is 9.89. The predicted molar refractivity (Wildman–Crippen MR) is 113 cm³/mol. The summed E-state index contributed by atoms with van der Waals surface area (Å²) in [5.41, 5.74) is 3.39. The maximum absolute atomic E-state index is 13.3. The smallest absolute Gasteiger partial charge is 0.264 e. The van der Waals surface area contributed by atoms with Crippen molar-refractivity contribution in [1.82, 2.24) is 10.4 Å². The maximum Gasteiger partial charge on any atom is 0.264 e. The minimum atomic E-state index is -0.678. The lowest BCUT2D eigenvalue weighted by atomic mass is 10.0. The van der Waals surface area contributed by atoms with Crippen LogP contribution in [0.3, 0.4) is 0 Å². The van der Waals surface area contributed by atoms with Crippen molar-refractivity contribution in [2.45, 2.75) is 26.3 Å². The van der Waals surface area contributed by atoms with Gasteiger partial charge in [-0.05, 0) is 43.2 Å². The van der Waals surface area contributed by atoms with Crippen molar-refractivity contribution >= 4 is 23.4 Å². The van der Waals surface area contributed by atoms with Crippen molar-refractivity contribution in [2.24, 2.45) is 0 Å². The topological polar surface area (TPSA) is 117 Å². The number of hydroxylamine groups is 1. The van der Waals surface area contributed by atoms with E-state index in [0.717, 1.165) is 4.90 Å². The second-order valence-corrected chi connectivity index (χ2v) is 6.95. The van der Waals surface area contributed by atoms with E-state index in [1.165, 1.54) is 14.0 Å². The van der Waals surface area contributed by atoms with E-state index in [4.69, 9.17) is 14.7 Å². The Balaban J connectivity index is 2.06. The van der Waals surface area contributed by atoms with Gasteiger partial charge in [0.1, 0.15) is 0 Å². The molecular weight excluding hydrogens is 402 g/mol. The van der Waals surface area contributed by atoms with Crippen LogP contribution in [0.25, 0.3) is 0 Å². The molecule has 3 rings (SSSR count). The highest BCUT2D eigenvalue weighted by Crippen LogP contribution is 2.39. The zero-order chi connectivity index (χ0) is 22.5. The van der Waals surface area contributed by atoms with E-state index in [0.29, 0.717) is 23.7 Å². The van der Waals surface area contributed by atoms with Crippen LogP contribution in [0.4, 0.5) is 5.69 Å². The summed E-state index contributed by atoms with van der Waals surface area (Å²) in [6.07, 6.45) is 0.259. The first-order valence-corrected chi connectivity index (χ1v) is 9.89. The number of nitrogens with one attached hydrogen (secondary N) is 2. The highest BCUT2D eigenvalue weighted by Gasteiger charge is 2.42. The summed E-state index contributed by atoms with van der Waals surface area (Å²) in [7, 11) is 1.53. The van der Waals surface area contributed by atoms with Gasteiger partial charge in [-0.1, -0.05) is 12.1 Å². The number of hydrogen-bond donors (Lipinski definition) is 3. The number of imide groups is 1. The van der Waals surface area contributed by atoms with Crippen LogP contribution in [-0.2, 0) is 4.79 Å². The first-order chi connectivity index (χ1) is 14.9. The third-order valence-corrected chi connectivity index (χ3v) is 4.97. The molecular formula is C22H25N3O6. The molecule has 1 heterocycles. The van der Waals surface area contributed by atoms with Crippen LogP contribution in [0, 0.1) is 0 Å². The molecule has 0 saturated carbocycles. The zero-order valence-electron chi connectivity index (χ0n) is 17.6. The van der Waals surface area contributed by atoms with Gasteiger partial charge >= 0.3 is 0 Å². The quantitative estimate of drug-likeness (QED) is 0.416. The Hall–Kier alpha value is -3.43. The largest absolute Gasteiger partial charge is 0.493 e. The number of methoxy groups -OCH3 is 1. The molecule has 0 bridgehead atoms. The summed E-state index contributed by atoms with van der Waals surface area (Å²) in [5, 5.41) is 11.8. The lowest BCUT2D eigenvalue weighted by molar-refractivity contribution is -0.114. The van der Waals surface area contributed by atoms with E-state index >= 15 is 0 Å². The minimum absolute atomic E-state index is 0.145. The van der Waals surface area contributed by atoms with Gasteiger partial charge in [0.25, 0.3) is 11.8 Å². The van der Waals surface area contributed by atoms with Gasteiger partial charge in [0.05, 0.1) is 36.6 Å². The number of carbonyl (C=O) groups excluding carboxylic acids is 3. The maximum atomic E-state index is 13.3. The molecule has 164 valence electrons. The molecule has 0 fully saturated rings. The number of benzene rings is 2. The Kier molecular flexibility index (Phi) is 6.88. The average Bonchev–Trinajstić information content (AvgIpc) is 3.00. The predicted octanol–water partition coefficient (Wildman–Crippen LogP) is 2.76. The normalized spacial score (nSPS) is 13.7. The van der Waals surface area contributed by atoms with Crippen LogP contribution < -0.4 is 20.3 Å². The number of hydrogen-bond acceptors (Lipinski definition) is 7. The van der Waals surface area contributed by atoms with E-state index in [-0.39, 0.29) is 35.7 Å². The number of fused-ring (bicyclic) bond motifs is 1. The fraction of sp³-hybridized carbons (Fsp3) is 0.318. The van der Waals surface area contributed by atoms with Crippen LogP contribution >= 0.6 is 0 Å². The van der Waals surface area contributed by atoms with Gasteiger partial charge in [-0.3, -0.25) is 19.3 Å². The van der Waals surface area contributed by atoms with Gasteiger partial charge < -0.3 is 20.0 Å². The molecule has 0 saturated heterocycles. The number of nitrogens with zero attached hydrogens (tertiary/aromatic N) is 1. The number of rotatable bonds is 9. The fourth-order valence-corrected chi connectivity index (χ4v) is 3.70. The lowest BCUT2D eigenvalue weighted by Gasteiger charge is -2.27. The molecule has 0 aliphatic carbocycles. The Morgan fingerprint density at radius 1 is 1.16 bits per heavy atom. The summed E-state index contributed by atoms with van der Waals surface area (Å²) in [5.74, 6) is -0.311. The third-order valence-electron chi connectivity index (χ3n) is 4.97. The average molecular weight is 427 g/mol.